The predicted molar refractivity (Wildman–Crippen MR) is 85.7 cm³/mol. The Morgan fingerprint density at radius 1 is 1.11 bits per heavy atom. The molecule has 1 heteroatoms. The van der Waals surface area contributed by atoms with Crippen LogP contribution in [0, 0.1) is 5.92 Å². The van der Waals surface area contributed by atoms with Crippen LogP contribution in [0.5, 0.6) is 0 Å². The van der Waals surface area contributed by atoms with Gasteiger partial charge in [0, 0.05) is 0 Å². The summed E-state index contributed by atoms with van der Waals surface area (Å²) < 4.78 is 0. The lowest BCUT2D eigenvalue weighted by Crippen LogP contribution is -1.98. The van der Waals surface area contributed by atoms with E-state index >= 15 is 0 Å². The van der Waals surface area contributed by atoms with Gasteiger partial charge in [-0.1, -0.05) is 70.7 Å². The Balaban J connectivity index is 0.000000492. The molecule has 102 valence electrons. The maximum absolute atomic E-state index is 3.79. The van der Waals surface area contributed by atoms with Crippen LogP contribution in [0.4, 0.5) is 0 Å². The molecular formula is C17H28S. The molecule has 0 saturated heterocycles. The maximum Gasteiger partial charge on any atom is -0.0126 e. The van der Waals surface area contributed by atoms with Crippen LogP contribution in [0.2, 0.25) is 0 Å². The summed E-state index contributed by atoms with van der Waals surface area (Å²) in [4.78, 5) is 0. The molecule has 0 heterocycles. The summed E-state index contributed by atoms with van der Waals surface area (Å²) in [6.07, 6.45) is 7.11. The first-order valence-corrected chi connectivity index (χ1v) is 8.00. The van der Waals surface area contributed by atoms with Crippen LogP contribution in [0.1, 0.15) is 63.5 Å². The third-order valence-electron chi connectivity index (χ3n) is 3.65. The van der Waals surface area contributed by atoms with Gasteiger partial charge in [0.25, 0.3) is 0 Å². The maximum atomic E-state index is 3.79. The molecule has 0 unspecified atom stereocenters. The van der Waals surface area contributed by atoms with Crippen molar-refractivity contribution in [2.24, 2.45) is 5.92 Å². The van der Waals surface area contributed by atoms with Gasteiger partial charge in [0.05, 0.1) is 0 Å². The van der Waals surface area contributed by atoms with Gasteiger partial charge in [-0.05, 0) is 35.1 Å². The van der Waals surface area contributed by atoms with Crippen molar-refractivity contribution < 1.29 is 0 Å². The first-order valence-electron chi connectivity index (χ1n) is 7.37. The van der Waals surface area contributed by atoms with Crippen molar-refractivity contribution in [2.75, 3.05) is 5.75 Å². The van der Waals surface area contributed by atoms with Gasteiger partial charge in [-0.25, -0.2) is 0 Å². The number of hydrogen-bond donors (Lipinski definition) is 1. The summed E-state index contributed by atoms with van der Waals surface area (Å²) in [6, 6.07) is 9.26. The molecule has 1 aliphatic rings. The molecule has 0 nitrogen and oxygen atoms in total. The van der Waals surface area contributed by atoms with Crippen molar-refractivity contribution in [2.45, 2.75) is 58.8 Å². The number of benzene rings is 1. The Hall–Kier alpha value is -0.430. The fourth-order valence-corrected chi connectivity index (χ4v) is 2.59. The molecule has 1 fully saturated rings. The quantitative estimate of drug-likeness (QED) is 0.687. The first-order chi connectivity index (χ1) is 8.67. The zero-order valence-corrected chi connectivity index (χ0v) is 13.0. The lowest BCUT2D eigenvalue weighted by Gasteiger charge is -2.10. The van der Waals surface area contributed by atoms with Crippen molar-refractivity contribution >= 4 is 12.6 Å². The zero-order valence-electron chi connectivity index (χ0n) is 12.2. The summed E-state index contributed by atoms with van der Waals surface area (Å²) in [5.41, 5.74) is 3.00. The standard InChI is InChI=1S/C15H22.C2H6S/c1-12(2)15-9-7-14(8-10-15)11-13-5-3-4-6-13;1-2-3/h7-10,12-13H,3-6,11H2,1-2H3;3H,2H2,1H3. The van der Waals surface area contributed by atoms with E-state index in [9.17, 15) is 0 Å². The fourth-order valence-electron chi connectivity index (χ4n) is 2.59. The minimum atomic E-state index is 0.658. The summed E-state index contributed by atoms with van der Waals surface area (Å²) in [5, 5.41) is 0. The second-order valence-electron chi connectivity index (χ2n) is 5.57. The van der Waals surface area contributed by atoms with Gasteiger partial charge in [-0.15, -0.1) is 0 Å². The van der Waals surface area contributed by atoms with E-state index in [2.05, 4.69) is 50.7 Å². The van der Waals surface area contributed by atoms with Crippen LogP contribution in [-0.2, 0) is 6.42 Å². The number of thiol groups is 1. The van der Waals surface area contributed by atoms with E-state index in [1.54, 1.807) is 0 Å². The van der Waals surface area contributed by atoms with E-state index in [1.807, 2.05) is 6.92 Å². The van der Waals surface area contributed by atoms with Crippen LogP contribution in [-0.4, -0.2) is 5.75 Å². The molecule has 0 amide bonds. The number of hydrogen-bond acceptors (Lipinski definition) is 1. The van der Waals surface area contributed by atoms with Crippen molar-refractivity contribution in [3.63, 3.8) is 0 Å². The molecule has 18 heavy (non-hydrogen) atoms. The molecule has 2 rings (SSSR count). The summed E-state index contributed by atoms with van der Waals surface area (Å²) in [7, 11) is 0. The minimum absolute atomic E-state index is 0.658. The average molecular weight is 264 g/mol. The van der Waals surface area contributed by atoms with Gasteiger partial charge in [-0.2, -0.15) is 12.6 Å². The van der Waals surface area contributed by atoms with Crippen LogP contribution in [0.3, 0.4) is 0 Å². The Morgan fingerprint density at radius 3 is 2.06 bits per heavy atom. The second-order valence-corrected chi connectivity index (χ2v) is 6.20. The molecule has 0 N–H and O–H groups in total. The molecule has 1 saturated carbocycles. The summed E-state index contributed by atoms with van der Waals surface area (Å²) >= 11 is 3.79. The molecule has 0 radical (unpaired) electrons. The molecule has 0 bridgehead atoms. The van der Waals surface area contributed by atoms with E-state index in [-0.39, 0.29) is 0 Å². The molecule has 0 atom stereocenters. The molecule has 1 aromatic carbocycles. The zero-order chi connectivity index (χ0) is 13.4. The van der Waals surface area contributed by atoms with Crippen molar-refractivity contribution in [1.82, 2.24) is 0 Å². The van der Waals surface area contributed by atoms with Crippen molar-refractivity contribution in [3.05, 3.63) is 35.4 Å². The Kier molecular flexibility index (Phi) is 7.50. The van der Waals surface area contributed by atoms with Gasteiger partial charge in [0.2, 0.25) is 0 Å². The van der Waals surface area contributed by atoms with Gasteiger partial charge < -0.3 is 0 Å². The Labute approximate surface area is 119 Å². The van der Waals surface area contributed by atoms with E-state index in [0.29, 0.717) is 5.92 Å². The largest absolute Gasteiger partial charge is 0.180 e. The highest BCUT2D eigenvalue weighted by Crippen LogP contribution is 2.28. The van der Waals surface area contributed by atoms with E-state index in [1.165, 1.54) is 43.2 Å². The van der Waals surface area contributed by atoms with Crippen LogP contribution in [0.25, 0.3) is 0 Å². The fraction of sp³-hybridized carbons (Fsp3) is 0.647. The molecule has 0 spiro atoms. The highest BCUT2D eigenvalue weighted by molar-refractivity contribution is 7.80. The topological polar surface area (TPSA) is 0 Å². The molecule has 1 aliphatic carbocycles. The highest BCUT2D eigenvalue weighted by Gasteiger charge is 2.15. The molecule has 0 aliphatic heterocycles. The van der Waals surface area contributed by atoms with Gasteiger partial charge in [0.15, 0.2) is 0 Å². The highest BCUT2D eigenvalue weighted by atomic mass is 32.1. The third-order valence-corrected chi connectivity index (χ3v) is 3.65. The van der Waals surface area contributed by atoms with E-state index in [0.717, 1.165) is 11.7 Å². The summed E-state index contributed by atoms with van der Waals surface area (Å²) in [5.74, 6) is 2.57. The Morgan fingerprint density at radius 2 is 1.61 bits per heavy atom. The van der Waals surface area contributed by atoms with Crippen LogP contribution in [0.15, 0.2) is 24.3 Å². The van der Waals surface area contributed by atoms with Gasteiger partial charge in [0.1, 0.15) is 0 Å². The van der Waals surface area contributed by atoms with Crippen LogP contribution >= 0.6 is 12.6 Å². The number of rotatable bonds is 3. The average Bonchev–Trinajstić information content (AvgIpc) is 2.83. The molecule has 0 aromatic heterocycles. The minimum Gasteiger partial charge on any atom is -0.180 e. The normalized spacial score (nSPS) is 15.6. The van der Waals surface area contributed by atoms with Gasteiger partial charge in [-0.3, -0.25) is 0 Å². The SMILES string of the molecule is CC(C)c1ccc(CC2CCCC2)cc1.CCS. The molecular weight excluding hydrogens is 236 g/mol. The van der Waals surface area contributed by atoms with Crippen LogP contribution < -0.4 is 0 Å². The lowest BCUT2D eigenvalue weighted by atomic mass is 9.95. The smallest absolute Gasteiger partial charge is 0.0126 e. The van der Waals surface area contributed by atoms with E-state index in [4.69, 9.17) is 0 Å². The first kappa shape index (κ1) is 15.6. The Bertz CT molecular complexity index is 307. The van der Waals surface area contributed by atoms with Crippen molar-refractivity contribution in [1.29, 1.82) is 0 Å². The second kappa shape index (κ2) is 8.63. The third kappa shape index (κ3) is 5.48. The van der Waals surface area contributed by atoms with E-state index < -0.39 is 0 Å². The summed E-state index contributed by atoms with van der Waals surface area (Å²) in [6.45, 7) is 6.50. The lowest BCUT2D eigenvalue weighted by molar-refractivity contribution is 0.546. The van der Waals surface area contributed by atoms with Crippen molar-refractivity contribution in [3.8, 4) is 0 Å². The predicted octanol–water partition coefficient (Wildman–Crippen LogP) is 5.48. The molecule has 1 aromatic rings. The van der Waals surface area contributed by atoms with Gasteiger partial charge >= 0.3 is 0 Å². The monoisotopic (exact) mass is 264 g/mol.